The van der Waals surface area contributed by atoms with Crippen LogP contribution in [-0.2, 0) is 5.41 Å². The van der Waals surface area contributed by atoms with E-state index in [4.69, 9.17) is 9.97 Å². The van der Waals surface area contributed by atoms with Crippen LogP contribution in [0.2, 0.25) is 0 Å². The zero-order chi connectivity index (χ0) is 34.4. The van der Waals surface area contributed by atoms with Crippen LogP contribution in [0.3, 0.4) is 0 Å². The zero-order valence-electron chi connectivity index (χ0n) is 28.8. The Bertz CT molecular complexity index is 2470. The molecule has 2 aliphatic carbocycles. The van der Waals surface area contributed by atoms with Gasteiger partial charge in [-0.1, -0.05) is 141 Å². The highest BCUT2D eigenvalue weighted by atomic mass is 14.9. The van der Waals surface area contributed by atoms with E-state index in [1.807, 2.05) is 12.3 Å². The van der Waals surface area contributed by atoms with Crippen LogP contribution in [0.4, 0.5) is 0 Å². The fourth-order valence-corrected chi connectivity index (χ4v) is 7.62. The number of allylic oxidation sites excluding steroid dienone is 4. The van der Waals surface area contributed by atoms with Crippen LogP contribution >= 0.6 is 0 Å². The van der Waals surface area contributed by atoms with Crippen molar-refractivity contribution in [2.75, 3.05) is 0 Å². The van der Waals surface area contributed by atoms with Crippen LogP contribution in [0.1, 0.15) is 43.4 Å². The lowest BCUT2D eigenvalue weighted by atomic mass is 9.81. The van der Waals surface area contributed by atoms with Crippen molar-refractivity contribution in [2.45, 2.75) is 32.1 Å². The van der Waals surface area contributed by atoms with E-state index in [0.717, 1.165) is 52.0 Å². The molecule has 0 radical (unpaired) electrons. The highest BCUT2D eigenvalue weighted by Gasteiger charge is 2.35. The summed E-state index contributed by atoms with van der Waals surface area (Å²) in [4.78, 5) is 14.6. The Balaban J connectivity index is 1.10. The molecule has 0 saturated heterocycles. The van der Waals surface area contributed by atoms with Crippen LogP contribution in [0.25, 0.3) is 72.9 Å². The summed E-state index contributed by atoms with van der Waals surface area (Å²) in [6.45, 7) is 4.67. The van der Waals surface area contributed by atoms with Crippen molar-refractivity contribution >= 4 is 5.57 Å². The normalized spacial score (nSPS) is 14.1. The van der Waals surface area contributed by atoms with Gasteiger partial charge >= 0.3 is 0 Å². The van der Waals surface area contributed by atoms with Gasteiger partial charge in [0, 0.05) is 34.5 Å². The highest BCUT2D eigenvalue weighted by Crippen LogP contribution is 2.49. The molecule has 2 aliphatic rings. The smallest absolute Gasteiger partial charge is 0.160 e. The molecular formula is C48H37N3. The molecule has 0 spiro atoms. The molecule has 0 amide bonds. The lowest BCUT2D eigenvalue weighted by molar-refractivity contribution is 0.660. The van der Waals surface area contributed by atoms with Gasteiger partial charge in [0.2, 0.25) is 0 Å². The number of pyridine rings is 1. The molecule has 0 bridgehead atoms. The van der Waals surface area contributed by atoms with Gasteiger partial charge in [-0.25, -0.2) is 9.97 Å². The standard InChI is InChI=1S/C48H37N3/c1-48(2)43-16-7-6-15-41(43)42-26-25-38(29-44(42)48)33-17-21-35(22-18-33)45-30-46(36-23-19-34(20-24-36)40-14-9-27-49-31-40)51-47(50-45)39-13-8-12-37(28-39)32-10-4-3-5-11-32/h4,6-31H,3,5H2,1-2H3. The van der Waals surface area contributed by atoms with E-state index < -0.39 is 0 Å². The summed E-state index contributed by atoms with van der Waals surface area (Å²) in [5, 5.41) is 0. The SMILES string of the molecule is CC1(C)c2ccccc2-c2ccc(-c3ccc(-c4cc(-c5ccc(-c6cccnc6)cc5)nc(-c5cccc(C6=CCCC=C6)c5)n4)cc3)cc21. The quantitative estimate of drug-likeness (QED) is 0.179. The molecule has 7 aromatic rings. The van der Waals surface area contributed by atoms with Crippen molar-refractivity contribution in [3.05, 3.63) is 181 Å². The van der Waals surface area contributed by atoms with Gasteiger partial charge in [0.25, 0.3) is 0 Å². The zero-order valence-corrected chi connectivity index (χ0v) is 28.8. The molecule has 0 aliphatic heterocycles. The lowest BCUT2D eigenvalue weighted by Crippen LogP contribution is -2.14. The fraction of sp³-hybridized carbons (Fsp3) is 0.104. The van der Waals surface area contributed by atoms with Crippen molar-refractivity contribution in [1.82, 2.24) is 15.0 Å². The topological polar surface area (TPSA) is 38.7 Å². The van der Waals surface area contributed by atoms with Crippen LogP contribution in [0.15, 0.2) is 164 Å². The van der Waals surface area contributed by atoms with E-state index in [-0.39, 0.29) is 5.41 Å². The van der Waals surface area contributed by atoms with E-state index in [1.165, 1.54) is 44.5 Å². The summed E-state index contributed by atoms with van der Waals surface area (Å²) >= 11 is 0. The minimum Gasteiger partial charge on any atom is -0.264 e. The molecule has 0 N–H and O–H groups in total. The van der Waals surface area contributed by atoms with Gasteiger partial charge in [-0.05, 0) is 92.8 Å². The first-order valence-electron chi connectivity index (χ1n) is 17.7. The second-order valence-electron chi connectivity index (χ2n) is 14.0. The Morgan fingerprint density at radius 3 is 1.84 bits per heavy atom. The second kappa shape index (κ2) is 12.6. The van der Waals surface area contributed by atoms with Crippen molar-refractivity contribution in [3.8, 4) is 67.3 Å². The number of rotatable bonds is 6. The molecule has 2 heterocycles. The molecule has 244 valence electrons. The molecule has 2 aromatic heterocycles. The summed E-state index contributed by atoms with van der Waals surface area (Å²) in [5.41, 5.74) is 17.4. The van der Waals surface area contributed by atoms with E-state index in [0.29, 0.717) is 5.82 Å². The van der Waals surface area contributed by atoms with Crippen molar-refractivity contribution in [1.29, 1.82) is 0 Å². The number of benzene rings is 5. The summed E-state index contributed by atoms with van der Waals surface area (Å²) in [6, 6.07) is 47.9. The van der Waals surface area contributed by atoms with Gasteiger partial charge in [0.1, 0.15) is 0 Å². The van der Waals surface area contributed by atoms with E-state index >= 15 is 0 Å². The number of nitrogens with zero attached hydrogens (tertiary/aromatic N) is 3. The van der Waals surface area contributed by atoms with E-state index in [2.05, 4.69) is 164 Å². The number of fused-ring (bicyclic) bond motifs is 3. The first-order chi connectivity index (χ1) is 25.0. The monoisotopic (exact) mass is 655 g/mol. The Labute approximate surface area is 299 Å². The predicted octanol–water partition coefficient (Wildman–Crippen LogP) is 12.2. The number of hydrogen-bond acceptors (Lipinski definition) is 3. The van der Waals surface area contributed by atoms with Crippen molar-refractivity contribution < 1.29 is 0 Å². The van der Waals surface area contributed by atoms with Gasteiger partial charge in [-0.15, -0.1) is 0 Å². The fourth-order valence-electron chi connectivity index (χ4n) is 7.62. The van der Waals surface area contributed by atoms with Crippen LogP contribution in [-0.4, -0.2) is 15.0 Å². The summed E-state index contributed by atoms with van der Waals surface area (Å²) in [7, 11) is 0. The first kappa shape index (κ1) is 30.8. The molecule has 0 fully saturated rings. The summed E-state index contributed by atoms with van der Waals surface area (Å²) < 4.78 is 0. The molecule has 9 rings (SSSR count). The highest BCUT2D eigenvalue weighted by molar-refractivity contribution is 5.84. The largest absolute Gasteiger partial charge is 0.264 e. The minimum atomic E-state index is -0.0348. The van der Waals surface area contributed by atoms with E-state index in [9.17, 15) is 0 Å². The van der Waals surface area contributed by atoms with Gasteiger partial charge in [-0.3, -0.25) is 4.98 Å². The van der Waals surface area contributed by atoms with Crippen LogP contribution in [0, 0.1) is 0 Å². The molecule has 0 saturated carbocycles. The Hall–Kier alpha value is -6.19. The average molecular weight is 656 g/mol. The molecule has 3 heteroatoms. The maximum atomic E-state index is 5.19. The Kier molecular flexibility index (Phi) is 7.62. The first-order valence-corrected chi connectivity index (χ1v) is 17.7. The second-order valence-corrected chi connectivity index (χ2v) is 14.0. The van der Waals surface area contributed by atoms with Crippen LogP contribution < -0.4 is 0 Å². The summed E-state index contributed by atoms with van der Waals surface area (Å²) in [5.74, 6) is 0.713. The van der Waals surface area contributed by atoms with Gasteiger partial charge in [-0.2, -0.15) is 0 Å². The Morgan fingerprint density at radius 2 is 1.14 bits per heavy atom. The van der Waals surface area contributed by atoms with E-state index in [1.54, 1.807) is 6.20 Å². The Morgan fingerprint density at radius 1 is 0.490 bits per heavy atom. The molecule has 3 nitrogen and oxygen atoms in total. The van der Waals surface area contributed by atoms with Crippen molar-refractivity contribution in [3.63, 3.8) is 0 Å². The molecule has 5 aromatic carbocycles. The predicted molar refractivity (Wildman–Crippen MR) is 211 cm³/mol. The lowest BCUT2D eigenvalue weighted by Gasteiger charge is -2.22. The third kappa shape index (κ3) is 5.71. The van der Waals surface area contributed by atoms with Gasteiger partial charge in [0.05, 0.1) is 11.4 Å². The minimum absolute atomic E-state index is 0.0348. The number of hydrogen-bond donors (Lipinski definition) is 0. The summed E-state index contributed by atoms with van der Waals surface area (Å²) in [6.07, 6.45) is 12.6. The average Bonchev–Trinajstić information content (AvgIpc) is 3.44. The number of aromatic nitrogens is 3. The van der Waals surface area contributed by atoms with Gasteiger partial charge in [0.15, 0.2) is 5.82 Å². The molecule has 0 atom stereocenters. The maximum absolute atomic E-state index is 5.19. The third-order valence-corrected chi connectivity index (χ3v) is 10.4. The van der Waals surface area contributed by atoms with Crippen LogP contribution in [0.5, 0.6) is 0 Å². The molecule has 0 unspecified atom stereocenters. The maximum Gasteiger partial charge on any atom is 0.160 e. The third-order valence-electron chi connectivity index (χ3n) is 10.4. The molecular weight excluding hydrogens is 619 g/mol. The van der Waals surface area contributed by atoms with Crippen molar-refractivity contribution in [2.24, 2.45) is 0 Å². The van der Waals surface area contributed by atoms with Gasteiger partial charge < -0.3 is 0 Å². The molecule has 51 heavy (non-hydrogen) atoms.